The van der Waals surface area contributed by atoms with Crippen LogP contribution in [0.1, 0.15) is 12.0 Å². The number of nitriles is 1. The average Bonchev–Trinajstić information content (AvgIpc) is 2.93. The fourth-order valence-electron chi connectivity index (χ4n) is 1.49. The van der Waals surface area contributed by atoms with Crippen molar-refractivity contribution in [3.63, 3.8) is 0 Å². The number of rotatable bonds is 4. The molecule has 2 rings (SSSR count). The van der Waals surface area contributed by atoms with Crippen molar-refractivity contribution >= 4 is 23.4 Å². The second-order valence-electron chi connectivity index (χ2n) is 3.77. The molecule has 0 bridgehead atoms. The van der Waals surface area contributed by atoms with Gasteiger partial charge in [0.15, 0.2) is 5.71 Å². The maximum absolute atomic E-state index is 11.2. The van der Waals surface area contributed by atoms with Gasteiger partial charge in [-0.1, -0.05) is 5.16 Å². The predicted octanol–water partition coefficient (Wildman–Crippen LogP) is 1.36. The zero-order chi connectivity index (χ0) is 13.7. The summed E-state index contributed by atoms with van der Waals surface area (Å²) in [6.45, 7) is 0. The van der Waals surface area contributed by atoms with Gasteiger partial charge in [-0.05, 0) is 12.1 Å². The third-order valence-corrected chi connectivity index (χ3v) is 3.49. The van der Waals surface area contributed by atoms with Gasteiger partial charge >= 0.3 is 5.97 Å². The highest BCUT2D eigenvalue weighted by atomic mass is 32.2. The molecular weight excluding hydrogens is 266 g/mol. The van der Waals surface area contributed by atoms with Crippen molar-refractivity contribution in [3.8, 4) is 6.07 Å². The smallest absolute Gasteiger partial charge is 0.355 e. The van der Waals surface area contributed by atoms with E-state index in [1.165, 1.54) is 18.9 Å². The monoisotopic (exact) mass is 277 g/mol. The number of aromatic nitrogens is 1. The molecule has 0 N–H and O–H groups in total. The van der Waals surface area contributed by atoms with Gasteiger partial charge in [-0.25, -0.2) is 9.78 Å². The number of esters is 1. The van der Waals surface area contributed by atoms with Gasteiger partial charge in [-0.2, -0.15) is 5.26 Å². The van der Waals surface area contributed by atoms with Crippen molar-refractivity contribution in [2.75, 3.05) is 12.9 Å². The van der Waals surface area contributed by atoms with Crippen LogP contribution in [0, 0.1) is 11.3 Å². The zero-order valence-corrected chi connectivity index (χ0v) is 11.0. The van der Waals surface area contributed by atoms with Gasteiger partial charge in [0.25, 0.3) is 0 Å². The first-order chi connectivity index (χ1) is 9.22. The summed E-state index contributed by atoms with van der Waals surface area (Å²) >= 11 is 1.46. The normalized spacial score (nSPS) is 17.3. The Morgan fingerprint density at radius 3 is 3.32 bits per heavy atom. The molecule has 0 saturated carbocycles. The van der Waals surface area contributed by atoms with Crippen molar-refractivity contribution in [2.45, 2.75) is 17.6 Å². The minimum atomic E-state index is -0.461. The highest BCUT2D eigenvalue weighted by Gasteiger charge is 2.26. The van der Waals surface area contributed by atoms with E-state index in [1.807, 2.05) is 0 Å². The third kappa shape index (κ3) is 3.45. The van der Waals surface area contributed by atoms with E-state index in [0.29, 0.717) is 23.4 Å². The molecule has 98 valence electrons. The number of carbonyl (C=O) groups excluding carboxylic acids is 1. The molecule has 0 amide bonds. The highest BCUT2D eigenvalue weighted by molar-refractivity contribution is 7.99. The summed E-state index contributed by atoms with van der Waals surface area (Å²) in [5, 5.41) is 13.2. The lowest BCUT2D eigenvalue weighted by molar-refractivity contribution is -0.132. The van der Waals surface area contributed by atoms with Gasteiger partial charge in [-0.15, -0.1) is 11.8 Å². The third-order valence-electron chi connectivity index (χ3n) is 2.44. The number of nitrogens with zero attached hydrogens (tertiary/aromatic N) is 3. The van der Waals surface area contributed by atoms with Crippen molar-refractivity contribution in [1.82, 2.24) is 4.98 Å². The van der Waals surface area contributed by atoms with Crippen LogP contribution in [0.2, 0.25) is 0 Å². The maximum atomic E-state index is 11.2. The van der Waals surface area contributed by atoms with Crippen LogP contribution in [0.3, 0.4) is 0 Å². The number of hydrogen-bond acceptors (Lipinski definition) is 7. The average molecular weight is 277 g/mol. The molecule has 1 aliphatic rings. The Morgan fingerprint density at radius 1 is 1.74 bits per heavy atom. The molecule has 0 saturated heterocycles. The van der Waals surface area contributed by atoms with Crippen LogP contribution < -0.4 is 0 Å². The quantitative estimate of drug-likeness (QED) is 0.610. The number of thioether (sulfide) groups is 1. The van der Waals surface area contributed by atoms with Gasteiger partial charge < -0.3 is 9.57 Å². The number of ether oxygens (including phenoxy) is 1. The summed E-state index contributed by atoms with van der Waals surface area (Å²) < 4.78 is 4.57. The standard InChI is InChI=1S/C12H11N3O3S/c1-17-12(16)10-5-9(18-15-10)7-19-11-4-8(6-13)2-3-14-11/h2-4,9H,5,7H2,1H3. The fourth-order valence-corrected chi connectivity index (χ4v) is 2.37. The first-order valence-electron chi connectivity index (χ1n) is 5.53. The minimum Gasteiger partial charge on any atom is -0.464 e. The highest BCUT2D eigenvalue weighted by Crippen LogP contribution is 2.22. The topological polar surface area (TPSA) is 84.6 Å². The molecule has 1 aromatic heterocycles. The predicted molar refractivity (Wildman–Crippen MR) is 68.6 cm³/mol. The second kappa shape index (κ2) is 6.20. The van der Waals surface area contributed by atoms with E-state index < -0.39 is 5.97 Å². The Morgan fingerprint density at radius 2 is 2.58 bits per heavy atom. The zero-order valence-electron chi connectivity index (χ0n) is 10.2. The molecule has 2 heterocycles. The van der Waals surface area contributed by atoms with E-state index in [4.69, 9.17) is 10.1 Å². The molecule has 0 radical (unpaired) electrons. The van der Waals surface area contributed by atoms with Crippen molar-refractivity contribution in [1.29, 1.82) is 5.26 Å². The summed E-state index contributed by atoms with van der Waals surface area (Å²) in [6.07, 6.45) is 1.84. The van der Waals surface area contributed by atoms with Crippen LogP contribution in [-0.2, 0) is 14.4 Å². The molecule has 0 aromatic carbocycles. The van der Waals surface area contributed by atoms with Crippen LogP contribution in [0.4, 0.5) is 0 Å². The van der Waals surface area contributed by atoms with Crippen LogP contribution in [0.25, 0.3) is 0 Å². The van der Waals surface area contributed by atoms with Crippen LogP contribution in [0.5, 0.6) is 0 Å². The van der Waals surface area contributed by atoms with E-state index in [9.17, 15) is 4.79 Å². The second-order valence-corrected chi connectivity index (χ2v) is 4.81. The van der Waals surface area contributed by atoms with E-state index >= 15 is 0 Å². The number of hydrogen-bond donors (Lipinski definition) is 0. The molecule has 1 unspecified atom stereocenters. The number of pyridine rings is 1. The molecule has 1 atom stereocenters. The molecule has 19 heavy (non-hydrogen) atoms. The van der Waals surface area contributed by atoms with Gasteiger partial charge in [0, 0.05) is 18.4 Å². The fraction of sp³-hybridized carbons (Fsp3) is 0.333. The first-order valence-corrected chi connectivity index (χ1v) is 6.51. The summed E-state index contributed by atoms with van der Waals surface area (Å²) in [4.78, 5) is 20.5. The van der Waals surface area contributed by atoms with Gasteiger partial charge in [0.1, 0.15) is 6.10 Å². The molecule has 0 spiro atoms. The molecule has 1 aliphatic heterocycles. The van der Waals surface area contributed by atoms with Gasteiger partial charge in [-0.3, -0.25) is 0 Å². The Kier molecular flexibility index (Phi) is 4.36. The molecule has 0 aliphatic carbocycles. The van der Waals surface area contributed by atoms with Gasteiger partial charge in [0.05, 0.1) is 23.8 Å². The Bertz CT molecular complexity index is 553. The lowest BCUT2D eigenvalue weighted by Crippen LogP contribution is -2.17. The number of carbonyl (C=O) groups is 1. The van der Waals surface area contributed by atoms with Crippen molar-refractivity contribution in [2.24, 2.45) is 5.16 Å². The summed E-state index contributed by atoms with van der Waals surface area (Å²) in [5.41, 5.74) is 0.864. The van der Waals surface area contributed by atoms with Crippen molar-refractivity contribution in [3.05, 3.63) is 23.9 Å². The Hall–Kier alpha value is -2.07. The SMILES string of the molecule is COC(=O)C1=NOC(CSc2cc(C#N)ccn2)C1. The largest absolute Gasteiger partial charge is 0.464 e. The maximum Gasteiger partial charge on any atom is 0.355 e. The lowest BCUT2D eigenvalue weighted by Gasteiger charge is -2.06. The van der Waals surface area contributed by atoms with E-state index in [-0.39, 0.29) is 6.10 Å². The van der Waals surface area contributed by atoms with Crippen molar-refractivity contribution < 1.29 is 14.4 Å². The van der Waals surface area contributed by atoms with Gasteiger partial charge in [0.2, 0.25) is 0 Å². The Balaban J connectivity index is 1.85. The summed E-state index contributed by atoms with van der Waals surface area (Å²) in [7, 11) is 1.31. The number of oxime groups is 1. The molecule has 6 nitrogen and oxygen atoms in total. The first kappa shape index (κ1) is 13.4. The van der Waals surface area contributed by atoms with Crippen LogP contribution >= 0.6 is 11.8 Å². The lowest BCUT2D eigenvalue weighted by atomic mass is 10.2. The molecule has 7 heteroatoms. The Labute approximate surface area is 114 Å². The molecule has 1 aromatic rings. The van der Waals surface area contributed by atoms with E-state index in [0.717, 1.165) is 5.03 Å². The molecular formula is C12H11N3O3S. The number of methoxy groups -OCH3 is 1. The van der Waals surface area contributed by atoms with Crippen LogP contribution in [-0.4, -0.2) is 35.6 Å². The van der Waals surface area contributed by atoms with E-state index in [1.54, 1.807) is 18.3 Å². The minimum absolute atomic E-state index is 0.174. The van der Waals surface area contributed by atoms with E-state index in [2.05, 4.69) is 20.9 Å². The summed E-state index contributed by atoms with van der Waals surface area (Å²) in [6, 6.07) is 5.41. The van der Waals surface area contributed by atoms with Crippen LogP contribution in [0.15, 0.2) is 28.5 Å². The summed E-state index contributed by atoms with van der Waals surface area (Å²) in [5.74, 6) is 0.142. The molecule has 0 fully saturated rings.